The van der Waals surface area contributed by atoms with Crippen LogP contribution in [0.2, 0.25) is 0 Å². The standard InChI is InChI=1S/C17H24N4O4S.CH2O2/c1-11(2)15(22)16-19-18-14-5-4-12(10-21(14)16)17(23)20(3)13-6-8-26(24,25)9-7-13;2-1-3/h4-5,10-11,13,15,22H,6-9H2,1-3H3;1H,(H,2,3). The lowest BCUT2D eigenvalue weighted by Gasteiger charge is -2.31. The summed E-state index contributed by atoms with van der Waals surface area (Å²) in [6.07, 6.45) is 1.76. The van der Waals surface area contributed by atoms with E-state index in [0.717, 1.165) is 0 Å². The summed E-state index contributed by atoms with van der Waals surface area (Å²) < 4.78 is 24.8. The van der Waals surface area contributed by atoms with Crippen LogP contribution in [-0.4, -0.2) is 75.1 Å². The Morgan fingerprint density at radius 3 is 2.41 bits per heavy atom. The molecule has 1 aliphatic heterocycles. The second kappa shape index (κ2) is 9.31. The fraction of sp³-hybridized carbons (Fsp3) is 0.556. The molecular weight excluding hydrogens is 400 g/mol. The van der Waals surface area contributed by atoms with Crippen molar-refractivity contribution in [3.63, 3.8) is 0 Å². The zero-order valence-electron chi connectivity index (χ0n) is 16.6. The summed E-state index contributed by atoms with van der Waals surface area (Å²) in [6, 6.07) is 3.27. The highest BCUT2D eigenvalue weighted by molar-refractivity contribution is 7.91. The number of aromatic nitrogens is 3. The molecule has 0 bridgehead atoms. The molecule has 3 heterocycles. The van der Waals surface area contributed by atoms with Crippen molar-refractivity contribution < 1.29 is 28.2 Å². The first kappa shape index (κ1) is 22.8. The Morgan fingerprint density at radius 1 is 1.28 bits per heavy atom. The van der Waals surface area contributed by atoms with Crippen molar-refractivity contribution in [1.82, 2.24) is 19.5 Å². The molecule has 10 nitrogen and oxygen atoms in total. The average Bonchev–Trinajstić information content (AvgIpc) is 3.10. The van der Waals surface area contributed by atoms with E-state index < -0.39 is 15.9 Å². The number of carbonyl (C=O) groups is 2. The van der Waals surface area contributed by atoms with Crippen LogP contribution in [-0.2, 0) is 14.6 Å². The molecule has 1 fully saturated rings. The summed E-state index contributed by atoms with van der Waals surface area (Å²) in [5.41, 5.74) is 1.01. The molecule has 2 aromatic heterocycles. The SMILES string of the molecule is CC(C)C(O)c1nnc2ccc(C(=O)N(C)C3CCS(=O)(=O)CC3)cn12.O=CO. The quantitative estimate of drug-likeness (QED) is 0.683. The minimum Gasteiger partial charge on any atom is -0.483 e. The highest BCUT2D eigenvalue weighted by atomic mass is 32.2. The Kier molecular flexibility index (Phi) is 7.31. The van der Waals surface area contributed by atoms with Crippen LogP contribution < -0.4 is 0 Å². The molecule has 0 radical (unpaired) electrons. The van der Waals surface area contributed by atoms with Gasteiger partial charge in [-0.1, -0.05) is 13.8 Å². The molecule has 2 aromatic rings. The fourth-order valence-electron chi connectivity index (χ4n) is 3.17. The molecule has 0 saturated carbocycles. The van der Waals surface area contributed by atoms with E-state index in [2.05, 4.69) is 10.2 Å². The van der Waals surface area contributed by atoms with E-state index in [1.165, 1.54) is 0 Å². The molecule has 3 rings (SSSR count). The number of nitrogens with zero attached hydrogens (tertiary/aromatic N) is 4. The number of carbonyl (C=O) groups excluding carboxylic acids is 1. The van der Waals surface area contributed by atoms with Crippen molar-refractivity contribution in [2.75, 3.05) is 18.6 Å². The lowest BCUT2D eigenvalue weighted by molar-refractivity contribution is -0.122. The van der Waals surface area contributed by atoms with Gasteiger partial charge >= 0.3 is 0 Å². The Bertz CT molecular complexity index is 958. The van der Waals surface area contributed by atoms with Crippen LogP contribution in [0.4, 0.5) is 0 Å². The molecule has 2 N–H and O–H groups in total. The third-order valence-corrected chi connectivity index (χ3v) is 6.68. The summed E-state index contributed by atoms with van der Waals surface area (Å²) >= 11 is 0. The van der Waals surface area contributed by atoms with Gasteiger partial charge in [0.05, 0.1) is 17.1 Å². The zero-order valence-corrected chi connectivity index (χ0v) is 17.4. The number of hydrogen-bond donors (Lipinski definition) is 2. The first-order chi connectivity index (χ1) is 13.6. The second-order valence-corrected chi connectivity index (χ2v) is 9.60. The van der Waals surface area contributed by atoms with E-state index in [4.69, 9.17) is 9.90 Å². The first-order valence-electron chi connectivity index (χ1n) is 9.19. The third-order valence-electron chi connectivity index (χ3n) is 4.96. The topological polar surface area (TPSA) is 142 Å². The van der Waals surface area contributed by atoms with Crippen LogP contribution in [0.25, 0.3) is 5.65 Å². The lowest BCUT2D eigenvalue weighted by Crippen LogP contribution is -2.42. The number of rotatable bonds is 4. The fourth-order valence-corrected chi connectivity index (χ4v) is 4.64. The predicted molar refractivity (Wildman–Crippen MR) is 105 cm³/mol. The number of hydrogen-bond acceptors (Lipinski definition) is 7. The average molecular weight is 426 g/mol. The molecule has 29 heavy (non-hydrogen) atoms. The summed E-state index contributed by atoms with van der Waals surface area (Å²) in [4.78, 5) is 22.8. The molecule has 0 aromatic carbocycles. The number of fused-ring (bicyclic) bond motifs is 1. The van der Waals surface area contributed by atoms with Crippen molar-refractivity contribution in [2.24, 2.45) is 5.92 Å². The van der Waals surface area contributed by atoms with E-state index in [9.17, 15) is 18.3 Å². The van der Waals surface area contributed by atoms with Crippen LogP contribution in [0, 0.1) is 5.92 Å². The van der Waals surface area contributed by atoms with Gasteiger partial charge in [-0.2, -0.15) is 0 Å². The lowest BCUT2D eigenvalue weighted by atomic mass is 10.1. The monoisotopic (exact) mass is 426 g/mol. The largest absolute Gasteiger partial charge is 0.483 e. The molecule has 1 atom stereocenters. The van der Waals surface area contributed by atoms with E-state index in [-0.39, 0.29) is 35.8 Å². The van der Waals surface area contributed by atoms with Gasteiger partial charge in [0.25, 0.3) is 12.4 Å². The maximum absolute atomic E-state index is 12.8. The predicted octanol–water partition coefficient (Wildman–Crippen LogP) is 0.769. The van der Waals surface area contributed by atoms with Crippen molar-refractivity contribution in [3.05, 3.63) is 29.7 Å². The number of carboxylic acid groups (broad SMARTS) is 1. The van der Waals surface area contributed by atoms with Gasteiger partial charge in [-0.25, -0.2) is 8.42 Å². The van der Waals surface area contributed by atoms with Gasteiger partial charge in [0.15, 0.2) is 11.5 Å². The normalized spacial score (nSPS) is 17.4. The molecule has 1 saturated heterocycles. The summed E-state index contributed by atoms with van der Waals surface area (Å²) in [6.45, 7) is 3.51. The number of sulfone groups is 1. The van der Waals surface area contributed by atoms with Gasteiger partial charge in [-0.05, 0) is 30.9 Å². The highest BCUT2D eigenvalue weighted by Gasteiger charge is 2.29. The van der Waals surface area contributed by atoms with Gasteiger partial charge in [0.2, 0.25) is 0 Å². The van der Waals surface area contributed by atoms with E-state index >= 15 is 0 Å². The van der Waals surface area contributed by atoms with Crippen molar-refractivity contribution in [1.29, 1.82) is 0 Å². The molecular formula is C18H26N4O6S. The van der Waals surface area contributed by atoms with Crippen molar-refractivity contribution in [2.45, 2.75) is 38.8 Å². The Hall–Kier alpha value is -2.53. The number of aliphatic hydroxyl groups excluding tert-OH is 1. The molecule has 1 aliphatic rings. The minimum absolute atomic E-state index is 0.0337. The van der Waals surface area contributed by atoms with Gasteiger partial charge in [0, 0.05) is 19.3 Å². The second-order valence-electron chi connectivity index (χ2n) is 7.30. The molecule has 11 heteroatoms. The maximum atomic E-state index is 12.8. The molecule has 1 unspecified atom stereocenters. The minimum atomic E-state index is -2.97. The van der Waals surface area contributed by atoms with E-state index in [1.807, 2.05) is 13.8 Å². The van der Waals surface area contributed by atoms with Crippen molar-refractivity contribution >= 4 is 27.9 Å². The molecule has 160 valence electrons. The first-order valence-corrected chi connectivity index (χ1v) is 11.0. The zero-order chi connectivity index (χ0) is 21.8. The summed E-state index contributed by atoms with van der Waals surface area (Å²) in [5.74, 6) is 0.411. The van der Waals surface area contributed by atoms with Crippen LogP contribution >= 0.6 is 0 Å². The van der Waals surface area contributed by atoms with Crippen LogP contribution in [0.15, 0.2) is 18.3 Å². The number of amides is 1. The molecule has 0 aliphatic carbocycles. The van der Waals surface area contributed by atoms with Crippen LogP contribution in [0.1, 0.15) is 49.0 Å². The molecule has 1 amide bonds. The smallest absolute Gasteiger partial charge is 0.290 e. The van der Waals surface area contributed by atoms with E-state index in [1.54, 1.807) is 34.7 Å². The Balaban J connectivity index is 0.000000941. The van der Waals surface area contributed by atoms with Crippen LogP contribution in [0.5, 0.6) is 0 Å². The molecule has 0 spiro atoms. The van der Waals surface area contributed by atoms with Gasteiger partial charge in [-0.15, -0.1) is 10.2 Å². The van der Waals surface area contributed by atoms with Crippen LogP contribution in [0.3, 0.4) is 0 Å². The summed E-state index contributed by atoms with van der Waals surface area (Å²) in [5, 5.41) is 25.3. The summed E-state index contributed by atoms with van der Waals surface area (Å²) in [7, 11) is -1.27. The Labute approximate surface area is 169 Å². The van der Waals surface area contributed by atoms with Gasteiger partial charge < -0.3 is 15.1 Å². The number of pyridine rings is 1. The Morgan fingerprint density at radius 2 is 1.86 bits per heavy atom. The highest BCUT2D eigenvalue weighted by Crippen LogP contribution is 2.22. The van der Waals surface area contributed by atoms with Gasteiger partial charge in [-0.3, -0.25) is 14.0 Å². The number of aliphatic hydroxyl groups is 1. The third kappa shape index (κ3) is 5.30. The van der Waals surface area contributed by atoms with Crippen molar-refractivity contribution in [3.8, 4) is 0 Å². The maximum Gasteiger partial charge on any atom is 0.290 e. The van der Waals surface area contributed by atoms with E-state index in [0.29, 0.717) is 29.9 Å². The van der Waals surface area contributed by atoms with Gasteiger partial charge in [0.1, 0.15) is 15.9 Å².